The summed E-state index contributed by atoms with van der Waals surface area (Å²) in [6.45, 7) is 0.617. The maximum Gasteiger partial charge on any atom is 0.150 e. The van der Waals surface area contributed by atoms with Crippen LogP contribution in [0, 0.1) is 0 Å². The Labute approximate surface area is 95.4 Å². The van der Waals surface area contributed by atoms with Gasteiger partial charge in [-0.2, -0.15) is 0 Å². The van der Waals surface area contributed by atoms with Gasteiger partial charge in [-0.05, 0) is 19.4 Å². The summed E-state index contributed by atoms with van der Waals surface area (Å²) in [5, 5.41) is 0.612. The van der Waals surface area contributed by atoms with Crippen molar-refractivity contribution >= 4 is 11.6 Å². The van der Waals surface area contributed by atoms with Crippen molar-refractivity contribution < 1.29 is 0 Å². The number of aromatic amines is 1. The van der Waals surface area contributed by atoms with Crippen molar-refractivity contribution in [3.05, 3.63) is 16.7 Å². The minimum atomic E-state index is 0.586. The standard InChI is InChI=1S/C11H18ClN3/c12-10-9(6-7-13)14-11(15-10)8-4-2-1-3-5-8/h8H,1-7,13H2,(H,14,15). The van der Waals surface area contributed by atoms with E-state index in [0.717, 1.165) is 17.9 Å². The fourth-order valence-corrected chi connectivity index (χ4v) is 2.52. The van der Waals surface area contributed by atoms with Crippen LogP contribution in [0.5, 0.6) is 0 Å². The van der Waals surface area contributed by atoms with Gasteiger partial charge in [-0.15, -0.1) is 0 Å². The molecule has 0 aromatic carbocycles. The summed E-state index contributed by atoms with van der Waals surface area (Å²) < 4.78 is 0. The highest BCUT2D eigenvalue weighted by Gasteiger charge is 2.19. The molecule has 3 N–H and O–H groups in total. The van der Waals surface area contributed by atoms with E-state index in [1.807, 2.05) is 0 Å². The number of nitrogens with one attached hydrogen (secondary N) is 1. The molecule has 1 saturated carbocycles. The van der Waals surface area contributed by atoms with Crippen LogP contribution in [0.3, 0.4) is 0 Å². The van der Waals surface area contributed by atoms with Crippen LogP contribution in [0.4, 0.5) is 0 Å². The van der Waals surface area contributed by atoms with Crippen LogP contribution in [-0.4, -0.2) is 16.5 Å². The monoisotopic (exact) mass is 227 g/mol. The molecule has 0 aliphatic heterocycles. The molecule has 0 atom stereocenters. The number of imidazole rings is 1. The molecular formula is C11H18ClN3. The van der Waals surface area contributed by atoms with Gasteiger partial charge in [0, 0.05) is 12.3 Å². The molecule has 1 aromatic heterocycles. The first-order valence-electron chi connectivity index (χ1n) is 5.75. The molecule has 3 nitrogen and oxygen atoms in total. The predicted molar refractivity (Wildman–Crippen MR) is 62.2 cm³/mol. The zero-order valence-corrected chi connectivity index (χ0v) is 9.69. The molecule has 1 fully saturated rings. The van der Waals surface area contributed by atoms with E-state index < -0.39 is 0 Å². The number of H-pyrrole nitrogens is 1. The molecule has 0 bridgehead atoms. The van der Waals surface area contributed by atoms with Crippen LogP contribution in [0.1, 0.15) is 49.5 Å². The Balaban J connectivity index is 2.10. The molecule has 0 spiro atoms. The zero-order valence-electron chi connectivity index (χ0n) is 8.93. The van der Waals surface area contributed by atoms with E-state index in [4.69, 9.17) is 17.3 Å². The first-order valence-corrected chi connectivity index (χ1v) is 6.13. The normalized spacial score (nSPS) is 18.3. The highest BCUT2D eigenvalue weighted by molar-refractivity contribution is 6.30. The van der Waals surface area contributed by atoms with Gasteiger partial charge < -0.3 is 10.7 Å². The van der Waals surface area contributed by atoms with Gasteiger partial charge in [0.1, 0.15) is 11.0 Å². The summed E-state index contributed by atoms with van der Waals surface area (Å²) in [6, 6.07) is 0. The Hall–Kier alpha value is -0.540. The fraction of sp³-hybridized carbons (Fsp3) is 0.727. The van der Waals surface area contributed by atoms with Crippen LogP contribution in [-0.2, 0) is 6.42 Å². The number of halogens is 1. The third-order valence-corrected chi connectivity index (χ3v) is 3.45. The zero-order chi connectivity index (χ0) is 10.7. The Morgan fingerprint density at radius 1 is 1.33 bits per heavy atom. The maximum absolute atomic E-state index is 6.05. The summed E-state index contributed by atoms with van der Waals surface area (Å²) >= 11 is 6.05. The van der Waals surface area contributed by atoms with E-state index >= 15 is 0 Å². The average Bonchev–Trinajstić information content (AvgIpc) is 2.63. The second-order valence-electron chi connectivity index (χ2n) is 4.27. The smallest absolute Gasteiger partial charge is 0.150 e. The Bertz CT molecular complexity index is 316. The fourth-order valence-electron chi connectivity index (χ4n) is 2.29. The third-order valence-electron chi connectivity index (χ3n) is 3.13. The summed E-state index contributed by atoms with van der Waals surface area (Å²) in [5.41, 5.74) is 6.51. The Kier molecular flexibility index (Phi) is 3.65. The molecule has 0 unspecified atom stereocenters. The van der Waals surface area contributed by atoms with Gasteiger partial charge in [-0.3, -0.25) is 0 Å². The quantitative estimate of drug-likeness (QED) is 0.834. The lowest BCUT2D eigenvalue weighted by Gasteiger charge is -2.19. The van der Waals surface area contributed by atoms with Crippen molar-refractivity contribution in [2.45, 2.75) is 44.4 Å². The molecule has 4 heteroatoms. The number of aromatic nitrogens is 2. The molecule has 1 aliphatic rings. The summed E-state index contributed by atoms with van der Waals surface area (Å²) in [5.74, 6) is 1.66. The second-order valence-corrected chi connectivity index (χ2v) is 4.62. The van der Waals surface area contributed by atoms with Gasteiger partial charge in [0.05, 0.1) is 5.69 Å². The molecular weight excluding hydrogens is 210 g/mol. The lowest BCUT2D eigenvalue weighted by atomic mass is 9.89. The van der Waals surface area contributed by atoms with Crippen LogP contribution in [0.25, 0.3) is 0 Å². The lowest BCUT2D eigenvalue weighted by Crippen LogP contribution is -2.07. The van der Waals surface area contributed by atoms with Crippen LogP contribution in [0.15, 0.2) is 0 Å². The number of nitrogens with zero attached hydrogens (tertiary/aromatic N) is 1. The van der Waals surface area contributed by atoms with Gasteiger partial charge in [0.25, 0.3) is 0 Å². The first kappa shape index (κ1) is 11.0. The van der Waals surface area contributed by atoms with Gasteiger partial charge in [-0.1, -0.05) is 30.9 Å². The molecule has 0 radical (unpaired) electrons. The van der Waals surface area contributed by atoms with Crippen LogP contribution < -0.4 is 5.73 Å². The van der Waals surface area contributed by atoms with Crippen molar-refractivity contribution in [1.29, 1.82) is 0 Å². The lowest BCUT2D eigenvalue weighted by molar-refractivity contribution is 0.430. The molecule has 0 saturated heterocycles. The van der Waals surface area contributed by atoms with Crippen LogP contribution in [0.2, 0.25) is 5.15 Å². The molecule has 2 rings (SSSR count). The minimum absolute atomic E-state index is 0.586. The number of hydrogen-bond acceptors (Lipinski definition) is 2. The van der Waals surface area contributed by atoms with Gasteiger partial charge in [0.15, 0.2) is 0 Å². The number of nitrogens with two attached hydrogens (primary N) is 1. The second kappa shape index (κ2) is 4.99. The molecule has 1 aliphatic carbocycles. The van der Waals surface area contributed by atoms with E-state index in [9.17, 15) is 0 Å². The molecule has 84 valence electrons. The van der Waals surface area contributed by atoms with Crippen LogP contribution >= 0.6 is 11.6 Å². The Morgan fingerprint density at radius 3 is 2.73 bits per heavy atom. The van der Waals surface area contributed by atoms with Crippen molar-refractivity contribution in [1.82, 2.24) is 9.97 Å². The molecule has 1 aromatic rings. The Morgan fingerprint density at radius 2 is 2.07 bits per heavy atom. The van der Waals surface area contributed by atoms with E-state index in [0.29, 0.717) is 17.6 Å². The van der Waals surface area contributed by atoms with Crippen molar-refractivity contribution in [3.8, 4) is 0 Å². The van der Waals surface area contributed by atoms with Gasteiger partial charge in [-0.25, -0.2) is 4.98 Å². The SMILES string of the molecule is NCCc1[nH]c(C2CCCCC2)nc1Cl. The van der Waals surface area contributed by atoms with Gasteiger partial charge in [0.2, 0.25) is 0 Å². The van der Waals surface area contributed by atoms with E-state index in [1.54, 1.807) is 0 Å². The van der Waals surface area contributed by atoms with E-state index in [-0.39, 0.29) is 0 Å². The van der Waals surface area contributed by atoms with Crippen molar-refractivity contribution in [2.24, 2.45) is 5.73 Å². The molecule has 15 heavy (non-hydrogen) atoms. The van der Waals surface area contributed by atoms with E-state index in [2.05, 4.69) is 9.97 Å². The maximum atomic E-state index is 6.05. The third kappa shape index (κ3) is 2.52. The topological polar surface area (TPSA) is 54.7 Å². The predicted octanol–water partition coefficient (Wildman–Crippen LogP) is 2.61. The highest BCUT2D eigenvalue weighted by Crippen LogP contribution is 2.32. The summed E-state index contributed by atoms with van der Waals surface area (Å²) in [7, 11) is 0. The summed E-state index contributed by atoms with van der Waals surface area (Å²) in [4.78, 5) is 7.74. The molecule has 1 heterocycles. The number of rotatable bonds is 3. The minimum Gasteiger partial charge on any atom is -0.344 e. The highest BCUT2D eigenvalue weighted by atomic mass is 35.5. The van der Waals surface area contributed by atoms with E-state index in [1.165, 1.54) is 32.1 Å². The average molecular weight is 228 g/mol. The first-order chi connectivity index (χ1) is 7.31. The largest absolute Gasteiger partial charge is 0.344 e. The van der Waals surface area contributed by atoms with Crippen molar-refractivity contribution in [3.63, 3.8) is 0 Å². The van der Waals surface area contributed by atoms with Gasteiger partial charge >= 0.3 is 0 Å². The molecule has 0 amide bonds. The summed E-state index contributed by atoms with van der Waals surface area (Å²) in [6.07, 6.45) is 7.27. The number of hydrogen-bond donors (Lipinski definition) is 2. The van der Waals surface area contributed by atoms with Crippen molar-refractivity contribution in [2.75, 3.05) is 6.54 Å².